The van der Waals surface area contributed by atoms with Crippen LogP contribution >= 0.6 is 0 Å². The Balaban J connectivity index is 1.85. The molecule has 0 bridgehead atoms. The first-order valence-electron chi connectivity index (χ1n) is 5.63. The van der Waals surface area contributed by atoms with Gasteiger partial charge in [0, 0.05) is 12.6 Å². The monoisotopic (exact) mass is 219 g/mol. The molecule has 1 aliphatic rings. The van der Waals surface area contributed by atoms with Crippen molar-refractivity contribution in [1.82, 2.24) is 5.32 Å². The molecule has 2 unspecified atom stereocenters. The lowest BCUT2D eigenvalue weighted by atomic mass is 10.1. The highest BCUT2D eigenvalue weighted by Crippen LogP contribution is 2.17. The third-order valence-electron chi connectivity index (χ3n) is 2.86. The van der Waals surface area contributed by atoms with Crippen LogP contribution in [0.5, 0.6) is 5.75 Å². The van der Waals surface area contributed by atoms with Crippen molar-refractivity contribution >= 4 is 0 Å². The maximum absolute atomic E-state index is 9.90. The van der Waals surface area contributed by atoms with E-state index in [2.05, 4.69) is 17.5 Å². The summed E-state index contributed by atoms with van der Waals surface area (Å²) in [6.07, 6.45) is 6.01. The minimum Gasteiger partial charge on any atom is -0.508 e. The second kappa shape index (κ2) is 5.14. The number of aliphatic hydroxyl groups excluding tert-OH is 1. The van der Waals surface area contributed by atoms with E-state index in [4.69, 9.17) is 5.11 Å². The van der Waals surface area contributed by atoms with Crippen molar-refractivity contribution in [3.63, 3.8) is 0 Å². The van der Waals surface area contributed by atoms with Crippen molar-refractivity contribution in [2.24, 2.45) is 0 Å². The molecule has 0 aliphatic heterocycles. The Morgan fingerprint density at radius 2 is 2.06 bits per heavy atom. The number of allylic oxidation sites excluding steroid dienone is 1. The fourth-order valence-corrected chi connectivity index (χ4v) is 1.88. The third kappa shape index (κ3) is 2.84. The highest BCUT2D eigenvalue weighted by Gasteiger charge is 2.12. The number of phenols is 1. The molecule has 0 aromatic heterocycles. The lowest BCUT2D eigenvalue weighted by Gasteiger charge is -2.15. The van der Waals surface area contributed by atoms with Crippen LogP contribution in [0.1, 0.15) is 24.5 Å². The molecule has 3 heteroatoms. The van der Waals surface area contributed by atoms with Gasteiger partial charge in [-0.15, -0.1) is 0 Å². The molecule has 3 N–H and O–H groups in total. The van der Waals surface area contributed by atoms with Gasteiger partial charge < -0.3 is 15.5 Å². The third-order valence-corrected chi connectivity index (χ3v) is 2.86. The Bertz CT molecular complexity index is 359. The molecule has 1 aliphatic carbocycles. The second-order valence-corrected chi connectivity index (χ2v) is 4.13. The van der Waals surface area contributed by atoms with E-state index < -0.39 is 6.10 Å². The zero-order valence-electron chi connectivity index (χ0n) is 9.13. The number of benzene rings is 1. The average molecular weight is 219 g/mol. The molecule has 0 fully saturated rings. The Morgan fingerprint density at radius 1 is 1.31 bits per heavy atom. The maximum atomic E-state index is 9.90. The van der Waals surface area contributed by atoms with Crippen molar-refractivity contribution in [3.05, 3.63) is 42.0 Å². The van der Waals surface area contributed by atoms with Crippen LogP contribution in [0.3, 0.4) is 0 Å². The van der Waals surface area contributed by atoms with Crippen LogP contribution in [-0.4, -0.2) is 22.8 Å². The van der Waals surface area contributed by atoms with Gasteiger partial charge in [-0.1, -0.05) is 24.3 Å². The van der Waals surface area contributed by atoms with Crippen molar-refractivity contribution < 1.29 is 10.2 Å². The molecule has 3 nitrogen and oxygen atoms in total. The van der Waals surface area contributed by atoms with Gasteiger partial charge in [-0.3, -0.25) is 0 Å². The first-order valence-corrected chi connectivity index (χ1v) is 5.63. The molecular weight excluding hydrogens is 202 g/mol. The second-order valence-electron chi connectivity index (χ2n) is 4.13. The van der Waals surface area contributed by atoms with Gasteiger partial charge in [0.15, 0.2) is 0 Å². The summed E-state index contributed by atoms with van der Waals surface area (Å²) in [5.41, 5.74) is 0.826. The van der Waals surface area contributed by atoms with E-state index in [0.29, 0.717) is 12.6 Å². The van der Waals surface area contributed by atoms with Gasteiger partial charge in [0.25, 0.3) is 0 Å². The SMILES string of the molecule is Oc1ccc(C(O)CNC2C=CCC2)cc1. The smallest absolute Gasteiger partial charge is 0.115 e. The molecular formula is C13H17NO2. The molecule has 86 valence electrons. The van der Waals surface area contributed by atoms with Gasteiger partial charge in [-0.25, -0.2) is 0 Å². The van der Waals surface area contributed by atoms with Gasteiger partial charge in [-0.2, -0.15) is 0 Å². The van der Waals surface area contributed by atoms with Crippen LogP contribution in [0, 0.1) is 0 Å². The number of aromatic hydroxyl groups is 1. The Morgan fingerprint density at radius 3 is 2.69 bits per heavy atom. The fraction of sp³-hybridized carbons (Fsp3) is 0.385. The van der Waals surface area contributed by atoms with Crippen molar-refractivity contribution in [2.75, 3.05) is 6.54 Å². The lowest BCUT2D eigenvalue weighted by Crippen LogP contribution is -2.29. The van der Waals surface area contributed by atoms with Crippen molar-refractivity contribution in [1.29, 1.82) is 0 Å². The first-order chi connectivity index (χ1) is 7.75. The van der Waals surface area contributed by atoms with Crippen LogP contribution in [0.15, 0.2) is 36.4 Å². The summed E-state index contributed by atoms with van der Waals surface area (Å²) in [5, 5.41) is 22.3. The van der Waals surface area contributed by atoms with E-state index in [0.717, 1.165) is 18.4 Å². The normalized spacial score (nSPS) is 21.2. The van der Waals surface area contributed by atoms with Gasteiger partial charge in [0.05, 0.1) is 6.10 Å². The molecule has 0 amide bonds. The molecule has 1 aromatic carbocycles. The number of aliphatic hydroxyl groups is 1. The van der Waals surface area contributed by atoms with Gasteiger partial charge in [0.2, 0.25) is 0 Å². The molecule has 1 aromatic rings. The standard InChI is InChI=1S/C13H17NO2/c15-12-7-5-10(6-8-12)13(16)9-14-11-3-1-2-4-11/h1,3,5-8,11,13-16H,2,4,9H2. The van der Waals surface area contributed by atoms with Crippen LogP contribution < -0.4 is 5.32 Å². The molecule has 2 rings (SSSR count). The van der Waals surface area contributed by atoms with Gasteiger partial charge >= 0.3 is 0 Å². The van der Waals surface area contributed by atoms with Crippen LogP contribution in [0.4, 0.5) is 0 Å². The summed E-state index contributed by atoms with van der Waals surface area (Å²) in [4.78, 5) is 0. The van der Waals surface area contributed by atoms with E-state index in [-0.39, 0.29) is 5.75 Å². The van der Waals surface area contributed by atoms with Crippen LogP contribution in [0.2, 0.25) is 0 Å². The lowest BCUT2D eigenvalue weighted by molar-refractivity contribution is 0.172. The molecule has 0 radical (unpaired) electrons. The average Bonchev–Trinajstić information content (AvgIpc) is 2.80. The predicted molar refractivity (Wildman–Crippen MR) is 63.2 cm³/mol. The number of rotatable bonds is 4. The van der Waals surface area contributed by atoms with Gasteiger partial charge in [-0.05, 0) is 30.5 Å². The van der Waals surface area contributed by atoms with E-state index in [1.54, 1.807) is 24.3 Å². The quantitative estimate of drug-likeness (QED) is 0.676. The summed E-state index contributed by atoms with van der Waals surface area (Å²) in [6.45, 7) is 0.541. The fourth-order valence-electron chi connectivity index (χ4n) is 1.88. The zero-order valence-corrected chi connectivity index (χ0v) is 9.13. The van der Waals surface area contributed by atoms with Crippen molar-refractivity contribution in [2.45, 2.75) is 25.0 Å². The number of nitrogens with one attached hydrogen (secondary N) is 1. The molecule has 0 saturated carbocycles. The first kappa shape index (κ1) is 11.2. The molecule has 0 saturated heterocycles. The Kier molecular flexibility index (Phi) is 3.59. The van der Waals surface area contributed by atoms with Crippen molar-refractivity contribution in [3.8, 4) is 5.75 Å². The van der Waals surface area contributed by atoms with E-state index in [1.165, 1.54) is 0 Å². The highest BCUT2D eigenvalue weighted by atomic mass is 16.3. The summed E-state index contributed by atoms with van der Waals surface area (Å²) in [7, 11) is 0. The minimum absolute atomic E-state index is 0.225. The summed E-state index contributed by atoms with van der Waals surface area (Å²) in [5.74, 6) is 0.225. The van der Waals surface area contributed by atoms with Crippen LogP contribution in [-0.2, 0) is 0 Å². The predicted octanol–water partition coefficient (Wildman–Crippen LogP) is 1.73. The molecule has 16 heavy (non-hydrogen) atoms. The summed E-state index contributed by atoms with van der Waals surface area (Å²) < 4.78 is 0. The zero-order chi connectivity index (χ0) is 11.4. The molecule has 0 heterocycles. The molecule has 0 spiro atoms. The Hall–Kier alpha value is -1.32. The maximum Gasteiger partial charge on any atom is 0.115 e. The van der Waals surface area contributed by atoms with Gasteiger partial charge in [0.1, 0.15) is 5.75 Å². The Labute approximate surface area is 95.4 Å². The number of hydrogen-bond donors (Lipinski definition) is 3. The number of phenolic OH excluding ortho intramolecular Hbond substituents is 1. The van der Waals surface area contributed by atoms with E-state index in [1.807, 2.05) is 0 Å². The summed E-state index contributed by atoms with van der Waals surface area (Å²) in [6, 6.07) is 7.06. The topological polar surface area (TPSA) is 52.5 Å². The number of hydrogen-bond acceptors (Lipinski definition) is 3. The summed E-state index contributed by atoms with van der Waals surface area (Å²) >= 11 is 0. The van der Waals surface area contributed by atoms with Crippen LogP contribution in [0.25, 0.3) is 0 Å². The highest BCUT2D eigenvalue weighted by molar-refractivity contribution is 5.27. The largest absolute Gasteiger partial charge is 0.508 e. The van der Waals surface area contributed by atoms with E-state index in [9.17, 15) is 5.11 Å². The van der Waals surface area contributed by atoms with E-state index >= 15 is 0 Å². The molecule has 2 atom stereocenters. The minimum atomic E-state index is -0.519.